The van der Waals surface area contributed by atoms with Gasteiger partial charge in [-0.1, -0.05) is 6.92 Å². The van der Waals surface area contributed by atoms with Gasteiger partial charge in [-0.15, -0.1) is 0 Å². The molecular formula is C10H14BrN3O. The van der Waals surface area contributed by atoms with E-state index in [1.165, 1.54) is 0 Å². The van der Waals surface area contributed by atoms with E-state index in [4.69, 9.17) is 4.74 Å². The van der Waals surface area contributed by atoms with Crippen molar-refractivity contribution in [1.29, 1.82) is 0 Å². The Balaban J connectivity index is 2.24. The molecule has 0 N–H and O–H groups in total. The van der Waals surface area contributed by atoms with Crippen molar-refractivity contribution in [1.82, 2.24) is 9.97 Å². The fraction of sp³-hybridized carbons (Fsp3) is 0.600. The van der Waals surface area contributed by atoms with Gasteiger partial charge in [0, 0.05) is 12.7 Å². The molecule has 0 radical (unpaired) electrons. The van der Waals surface area contributed by atoms with Crippen molar-refractivity contribution >= 4 is 21.7 Å². The Bertz CT molecular complexity index is 334. The van der Waals surface area contributed by atoms with E-state index in [1.54, 1.807) is 12.5 Å². The first-order chi connectivity index (χ1) is 7.33. The van der Waals surface area contributed by atoms with E-state index < -0.39 is 0 Å². The summed E-state index contributed by atoms with van der Waals surface area (Å²) in [6.07, 6.45) is 4.43. The van der Waals surface area contributed by atoms with Crippen LogP contribution in [0.2, 0.25) is 0 Å². The predicted octanol–water partition coefficient (Wildman–Crippen LogP) is 1.85. The summed E-state index contributed by atoms with van der Waals surface area (Å²) >= 11 is 3.48. The van der Waals surface area contributed by atoms with Crippen LogP contribution in [0, 0.1) is 0 Å². The average molecular weight is 272 g/mol. The molecule has 0 spiro atoms. The lowest BCUT2D eigenvalue weighted by Crippen LogP contribution is -2.45. The second kappa shape index (κ2) is 4.90. The molecule has 1 aliphatic heterocycles. The summed E-state index contributed by atoms with van der Waals surface area (Å²) in [6, 6.07) is 0.421. The number of rotatable bonds is 2. The van der Waals surface area contributed by atoms with Gasteiger partial charge in [0.15, 0.2) is 0 Å². The topological polar surface area (TPSA) is 38.2 Å². The highest BCUT2D eigenvalue weighted by Crippen LogP contribution is 2.26. The van der Waals surface area contributed by atoms with Crippen LogP contribution in [0.1, 0.15) is 13.3 Å². The van der Waals surface area contributed by atoms with Gasteiger partial charge in [-0.2, -0.15) is 0 Å². The Labute approximate surface area is 97.8 Å². The summed E-state index contributed by atoms with van der Waals surface area (Å²) in [5.74, 6) is 0.972. The largest absolute Gasteiger partial charge is 0.377 e. The first-order valence-corrected chi connectivity index (χ1v) is 5.92. The molecular weight excluding hydrogens is 258 g/mol. The molecule has 2 rings (SSSR count). The van der Waals surface area contributed by atoms with E-state index in [-0.39, 0.29) is 0 Å². The molecule has 2 heterocycles. The number of hydrogen-bond acceptors (Lipinski definition) is 4. The molecule has 1 aromatic heterocycles. The zero-order valence-corrected chi connectivity index (χ0v) is 10.3. The van der Waals surface area contributed by atoms with Crippen LogP contribution >= 0.6 is 15.9 Å². The number of aromatic nitrogens is 2. The normalized spacial score (nSPS) is 21.7. The molecule has 15 heavy (non-hydrogen) atoms. The van der Waals surface area contributed by atoms with E-state index in [1.807, 2.05) is 0 Å². The van der Waals surface area contributed by atoms with E-state index in [0.717, 1.165) is 36.5 Å². The van der Waals surface area contributed by atoms with Gasteiger partial charge in [0.1, 0.15) is 12.1 Å². The summed E-state index contributed by atoms with van der Waals surface area (Å²) in [7, 11) is 0. The smallest absolute Gasteiger partial charge is 0.146 e. The summed E-state index contributed by atoms with van der Waals surface area (Å²) in [4.78, 5) is 10.6. The Morgan fingerprint density at radius 2 is 2.53 bits per heavy atom. The van der Waals surface area contributed by atoms with Crippen molar-refractivity contribution in [2.75, 3.05) is 24.7 Å². The molecule has 1 unspecified atom stereocenters. The minimum Gasteiger partial charge on any atom is -0.377 e. The van der Waals surface area contributed by atoms with Gasteiger partial charge >= 0.3 is 0 Å². The second-order valence-electron chi connectivity index (χ2n) is 3.52. The second-order valence-corrected chi connectivity index (χ2v) is 4.38. The third-order valence-electron chi connectivity index (χ3n) is 2.62. The molecule has 0 bridgehead atoms. The highest BCUT2D eigenvalue weighted by atomic mass is 79.9. The number of halogens is 1. The number of ether oxygens (including phenoxy) is 1. The molecule has 1 aliphatic rings. The van der Waals surface area contributed by atoms with Gasteiger partial charge in [0.05, 0.1) is 23.7 Å². The predicted molar refractivity (Wildman–Crippen MR) is 62.0 cm³/mol. The first-order valence-electron chi connectivity index (χ1n) is 5.12. The Morgan fingerprint density at radius 1 is 1.67 bits per heavy atom. The molecule has 0 aliphatic carbocycles. The van der Waals surface area contributed by atoms with Gasteiger partial charge in [-0.05, 0) is 22.4 Å². The van der Waals surface area contributed by atoms with Gasteiger partial charge in [0.2, 0.25) is 0 Å². The van der Waals surface area contributed by atoms with Crippen molar-refractivity contribution in [2.45, 2.75) is 19.4 Å². The minimum atomic E-state index is 0.421. The quantitative estimate of drug-likeness (QED) is 0.823. The zero-order valence-electron chi connectivity index (χ0n) is 8.69. The molecule has 1 atom stereocenters. The number of nitrogens with zero attached hydrogens (tertiary/aromatic N) is 3. The number of hydrogen-bond donors (Lipinski definition) is 0. The maximum Gasteiger partial charge on any atom is 0.146 e. The number of anilines is 1. The summed E-state index contributed by atoms with van der Waals surface area (Å²) < 4.78 is 6.41. The Hall–Kier alpha value is -0.680. The highest BCUT2D eigenvalue weighted by molar-refractivity contribution is 9.10. The Morgan fingerprint density at radius 3 is 3.27 bits per heavy atom. The SMILES string of the molecule is CCC1COCCN1c1ncncc1Br. The molecule has 1 saturated heterocycles. The molecule has 1 aromatic rings. The van der Waals surface area contributed by atoms with Crippen LogP contribution in [0.5, 0.6) is 0 Å². The minimum absolute atomic E-state index is 0.421. The molecule has 82 valence electrons. The Kier molecular flexibility index (Phi) is 3.53. The van der Waals surface area contributed by atoms with Crippen molar-refractivity contribution in [3.8, 4) is 0 Å². The van der Waals surface area contributed by atoms with Crippen LogP contribution in [0.25, 0.3) is 0 Å². The summed E-state index contributed by atoms with van der Waals surface area (Å²) in [6.45, 7) is 4.62. The standard InChI is InChI=1S/C10H14BrN3O/c1-2-8-6-15-4-3-14(8)10-9(11)5-12-7-13-10/h5,7-8H,2-4,6H2,1H3. The van der Waals surface area contributed by atoms with E-state index in [2.05, 4.69) is 37.7 Å². The third-order valence-corrected chi connectivity index (χ3v) is 3.18. The van der Waals surface area contributed by atoms with E-state index in [0.29, 0.717) is 6.04 Å². The molecule has 0 saturated carbocycles. The van der Waals surface area contributed by atoms with E-state index in [9.17, 15) is 0 Å². The third kappa shape index (κ3) is 2.29. The number of morpholine rings is 1. The molecule has 0 amide bonds. The lowest BCUT2D eigenvalue weighted by molar-refractivity contribution is 0.0925. The van der Waals surface area contributed by atoms with E-state index >= 15 is 0 Å². The van der Waals surface area contributed by atoms with Crippen LogP contribution in [0.4, 0.5) is 5.82 Å². The fourth-order valence-electron chi connectivity index (χ4n) is 1.79. The van der Waals surface area contributed by atoms with Gasteiger partial charge in [-0.25, -0.2) is 9.97 Å². The van der Waals surface area contributed by atoms with Crippen molar-refractivity contribution < 1.29 is 4.74 Å². The van der Waals surface area contributed by atoms with Gasteiger partial charge in [-0.3, -0.25) is 0 Å². The van der Waals surface area contributed by atoms with Crippen molar-refractivity contribution in [3.63, 3.8) is 0 Å². The van der Waals surface area contributed by atoms with Gasteiger partial charge < -0.3 is 9.64 Å². The van der Waals surface area contributed by atoms with Crippen LogP contribution in [-0.2, 0) is 4.74 Å². The van der Waals surface area contributed by atoms with Crippen molar-refractivity contribution in [3.05, 3.63) is 17.0 Å². The lowest BCUT2D eigenvalue weighted by Gasteiger charge is -2.36. The highest BCUT2D eigenvalue weighted by Gasteiger charge is 2.23. The molecule has 0 aromatic carbocycles. The van der Waals surface area contributed by atoms with Crippen LogP contribution in [-0.4, -0.2) is 35.8 Å². The van der Waals surface area contributed by atoms with Gasteiger partial charge in [0.25, 0.3) is 0 Å². The van der Waals surface area contributed by atoms with Crippen LogP contribution in [0.3, 0.4) is 0 Å². The molecule has 5 heteroatoms. The maximum atomic E-state index is 5.46. The summed E-state index contributed by atoms with van der Waals surface area (Å²) in [5, 5.41) is 0. The lowest BCUT2D eigenvalue weighted by atomic mass is 10.2. The van der Waals surface area contributed by atoms with Crippen LogP contribution in [0.15, 0.2) is 17.0 Å². The molecule has 1 fully saturated rings. The maximum absolute atomic E-state index is 5.46. The summed E-state index contributed by atoms with van der Waals surface area (Å²) in [5.41, 5.74) is 0. The molecule has 4 nitrogen and oxygen atoms in total. The van der Waals surface area contributed by atoms with Crippen molar-refractivity contribution in [2.24, 2.45) is 0 Å². The monoisotopic (exact) mass is 271 g/mol. The van der Waals surface area contributed by atoms with Crippen LogP contribution < -0.4 is 4.90 Å². The fourth-order valence-corrected chi connectivity index (χ4v) is 2.24. The first kappa shape index (κ1) is 10.8. The average Bonchev–Trinajstić information content (AvgIpc) is 2.30. The zero-order chi connectivity index (χ0) is 10.7.